The van der Waals surface area contributed by atoms with Gasteiger partial charge in [-0.1, -0.05) is 35.5 Å². The molecule has 0 bridgehead atoms. The summed E-state index contributed by atoms with van der Waals surface area (Å²) in [5.74, 6) is 0.970. The number of halogens is 1. The Bertz CT molecular complexity index is 880. The van der Waals surface area contributed by atoms with Crippen molar-refractivity contribution in [3.63, 3.8) is 0 Å². The number of Topliss-reactive ketones (excluding diaryl/α,β-unsaturated/α-hetero) is 1. The van der Waals surface area contributed by atoms with E-state index in [1.165, 1.54) is 11.8 Å². The number of benzene rings is 2. The highest BCUT2D eigenvalue weighted by Gasteiger charge is 2.21. The molecule has 3 aromatic rings. The van der Waals surface area contributed by atoms with Gasteiger partial charge in [-0.3, -0.25) is 4.79 Å². The average molecular weight is 375 g/mol. The molecule has 0 spiro atoms. The van der Waals surface area contributed by atoms with Crippen LogP contribution in [0, 0.1) is 0 Å². The molecule has 1 heterocycles. The molecule has 128 valence electrons. The first kappa shape index (κ1) is 17.5. The topological polar surface area (TPSA) is 65.2 Å². The number of hydrogen-bond donors (Lipinski definition) is 0. The first-order valence-corrected chi connectivity index (χ1v) is 8.77. The molecule has 0 saturated heterocycles. The maximum atomic E-state index is 12.5. The van der Waals surface area contributed by atoms with Gasteiger partial charge < -0.3 is 9.15 Å². The van der Waals surface area contributed by atoms with Gasteiger partial charge >= 0.3 is 0 Å². The highest BCUT2D eigenvalue weighted by molar-refractivity contribution is 8.00. The van der Waals surface area contributed by atoms with Crippen LogP contribution >= 0.6 is 23.4 Å². The molecule has 0 aliphatic rings. The lowest BCUT2D eigenvalue weighted by Crippen LogP contribution is -2.13. The molecule has 0 saturated carbocycles. The maximum absolute atomic E-state index is 12.5. The molecule has 7 heteroatoms. The molecular weight excluding hydrogens is 360 g/mol. The quantitative estimate of drug-likeness (QED) is 0.457. The van der Waals surface area contributed by atoms with Crippen LogP contribution < -0.4 is 4.74 Å². The molecule has 3 rings (SSSR count). The third kappa shape index (κ3) is 4.03. The van der Waals surface area contributed by atoms with Crippen LogP contribution in [0.5, 0.6) is 5.75 Å². The van der Waals surface area contributed by atoms with Gasteiger partial charge in [-0.15, -0.1) is 10.2 Å². The zero-order chi connectivity index (χ0) is 17.8. The van der Waals surface area contributed by atoms with Gasteiger partial charge in [0.1, 0.15) is 5.75 Å². The van der Waals surface area contributed by atoms with Crippen molar-refractivity contribution in [2.24, 2.45) is 0 Å². The summed E-state index contributed by atoms with van der Waals surface area (Å²) < 4.78 is 11.0. The lowest BCUT2D eigenvalue weighted by Gasteiger charge is -2.07. The Morgan fingerprint density at radius 1 is 1.16 bits per heavy atom. The van der Waals surface area contributed by atoms with Crippen LogP contribution in [0.1, 0.15) is 17.3 Å². The van der Waals surface area contributed by atoms with E-state index in [9.17, 15) is 4.79 Å². The fraction of sp³-hybridized carbons (Fsp3) is 0.167. The number of carbonyl (C=O) groups is 1. The van der Waals surface area contributed by atoms with Gasteiger partial charge in [0.2, 0.25) is 0 Å². The SMILES string of the molecule is COc1ccccc1-c1nnc(S[C@H](C)C(=O)c2ccc(Cl)cc2)o1. The van der Waals surface area contributed by atoms with E-state index >= 15 is 0 Å². The Kier molecular flexibility index (Phi) is 5.40. The van der Waals surface area contributed by atoms with E-state index in [-0.39, 0.29) is 11.0 Å². The molecule has 0 N–H and O–H groups in total. The molecule has 0 radical (unpaired) electrons. The first-order chi connectivity index (χ1) is 12.1. The minimum Gasteiger partial charge on any atom is -0.496 e. The van der Waals surface area contributed by atoms with Crippen molar-refractivity contribution in [1.82, 2.24) is 10.2 Å². The highest BCUT2D eigenvalue weighted by atomic mass is 35.5. The molecule has 0 aliphatic carbocycles. The zero-order valence-corrected chi connectivity index (χ0v) is 15.2. The summed E-state index contributed by atoms with van der Waals surface area (Å²) in [7, 11) is 1.58. The second-order valence-corrected chi connectivity index (χ2v) is 6.93. The van der Waals surface area contributed by atoms with Crippen LogP contribution in [0.3, 0.4) is 0 Å². The van der Waals surface area contributed by atoms with Crippen molar-refractivity contribution >= 4 is 29.1 Å². The molecule has 1 atom stereocenters. The number of ketones is 1. The minimum absolute atomic E-state index is 0.0290. The maximum Gasteiger partial charge on any atom is 0.277 e. The van der Waals surface area contributed by atoms with E-state index in [1.54, 1.807) is 38.3 Å². The largest absolute Gasteiger partial charge is 0.496 e. The third-order valence-corrected chi connectivity index (χ3v) is 4.71. The van der Waals surface area contributed by atoms with Gasteiger partial charge in [0.15, 0.2) is 5.78 Å². The van der Waals surface area contributed by atoms with E-state index in [4.69, 9.17) is 20.8 Å². The lowest BCUT2D eigenvalue weighted by molar-refractivity contribution is 0.0993. The van der Waals surface area contributed by atoms with Gasteiger partial charge in [-0.05, 0) is 43.3 Å². The molecule has 0 aliphatic heterocycles. The Balaban J connectivity index is 1.74. The monoisotopic (exact) mass is 374 g/mol. The molecule has 1 aromatic heterocycles. The fourth-order valence-corrected chi connectivity index (χ4v) is 3.13. The van der Waals surface area contributed by atoms with Gasteiger partial charge in [0, 0.05) is 10.6 Å². The standard InChI is InChI=1S/C18H15ClN2O3S/c1-11(16(22)12-7-9-13(19)10-8-12)25-18-21-20-17(24-18)14-5-3-4-6-15(14)23-2/h3-11H,1-2H3/t11-/m1/s1. The second kappa shape index (κ2) is 7.72. The number of para-hydroxylation sites is 1. The smallest absolute Gasteiger partial charge is 0.277 e. The predicted molar refractivity (Wildman–Crippen MR) is 97.4 cm³/mol. The van der Waals surface area contributed by atoms with Crippen LogP contribution in [0.4, 0.5) is 0 Å². The summed E-state index contributed by atoms with van der Waals surface area (Å²) in [6.07, 6.45) is 0. The predicted octanol–water partition coefficient (Wildman–Crippen LogP) is 4.76. The van der Waals surface area contributed by atoms with E-state index < -0.39 is 0 Å². The van der Waals surface area contributed by atoms with E-state index in [2.05, 4.69) is 10.2 Å². The molecule has 0 amide bonds. The summed E-state index contributed by atoms with van der Waals surface area (Å²) in [5, 5.41) is 8.61. The number of thioether (sulfide) groups is 1. The second-order valence-electron chi connectivity index (χ2n) is 5.20. The summed E-state index contributed by atoms with van der Waals surface area (Å²) in [4.78, 5) is 12.5. The van der Waals surface area contributed by atoms with E-state index in [0.29, 0.717) is 33.0 Å². The minimum atomic E-state index is -0.368. The van der Waals surface area contributed by atoms with Gasteiger partial charge in [-0.25, -0.2) is 0 Å². The van der Waals surface area contributed by atoms with Crippen molar-refractivity contribution in [3.05, 3.63) is 59.1 Å². The Labute approximate surface area is 154 Å². The normalized spacial score (nSPS) is 12.0. The third-order valence-electron chi connectivity index (χ3n) is 3.52. The molecule has 0 fully saturated rings. The Morgan fingerprint density at radius 2 is 1.88 bits per heavy atom. The van der Waals surface area contributed by atoms with Crippen molar-refractivity contribution < 1.29 is 13.9 Å². The van der Waals surface area contributed by atoms with E-state index in [1.807, 2.05) is 24.3 Å². The van der Waals surface area contributed by atoms with Crippen molar-refractivity contribution in [2.75, 3.05) is 7.11 Å². The number of carbonyl (C=O) groups excluding carboxylic acids is 1. The van der Waals surface area contributed by atoms with Crippen LogP contribution in [-0.4, -0.2) is 28.3 Å². The van der Waals surface area contributed by atoms with E-state index in [0.717, 1.165) is 0 Å². The number of methoxy groups -OCH3 is 1. The summed E-state index contributed by atoms with van der Waals surface area (Å²) in [5.41, 5.74) is 1.30. The van der Waals surface area contributed by atoms with Crippen molar-refractivity contribution in [1.29, 1.82) is 0 Å². The number of ether oxygens (including phenoxy) is 1. The van der Waals surface area contributed by atoms with Crippen LogP contribution in [0.15, 0.2) is 58.2 Å². The number of rotatable bonds is 6. The number of aromatic nitrogens is 2. The number of nitrogens with zero attached hydrogens (tertiary/aromatic N) is 2. The highest BCUT2D eigenvalue weighted by Crippen LogP contribution is 2.32. The molecular formula is C18H15ClN2O3S. The first-order valence-electron chi connectivity index (χ1n) is 7.52. The number of hydrogen-bond acceptors (Lipinski definition) is 6. The Morgan fingerprint density at radius 3 is 2.60 bits per heavy atom. The zero-order valence-electron chi connectivity index (χ0n) is 13.6. The van der Waals surface area contributed by atoms with Gasteiger partial charge in [0.05, 0.1) is 17.9 Å². The molecule has 0 unspecified atom stereocenters. The summed E-state index contributed by atoms with van der Waals surface area (Å²) >= 11 is 7.07. The van der Waals surface area contributed by atoms with Crippen LogP contribution in [0.2, 0.25) is 5.02 Å². The van der Waals surface area contributed by atoms with Crippen LogP contribution in [0.25, 0.3) is 11.5 Å². The van der Waals surface area contributed by atoms with Gasteiger partial charge in [0.25, 0.3) is 11.1 Å². The van der Waals surface area contributed by atoms with Crippen molar-refractivity contribution in [2.45, 2.75) is 17.4 Å². The average Bonchev–Trinajstić information content (AvgIpc) is 3.10. The lowest BCUT2D eigenvalue weighted by atomic mass is 10.1. The molecule has 25 heavy (non-hydrogen) atoms. The molecule has 5 nitrogen and oxygen atoms in total. The van der Waals surface area contributed by atoms with Crippen LogP contribution in [-0.2, 0) is 0 Å². The fourth-order valence-electron chi connectivity index (χ4n) is 2.24. The summed E-state index contributed by atoms with van der Waals surface area (Å²) in [6, 6.07) is 14.2. The van der Waals surface area contributed by atoms with Crippen molar-refractivity contribution in [3.8, 4) is 17.2 Å². The molecule has 2 aromatic carbocycles. The Hall–Kier alpha value is -2.31. The summed E-state index contributed by atoms with van der Waals surface area (Å²) in [6.45, 7) is 1.80. The van der Waals surface area contributed by atoms with Gasteiger partial charge in [-0.2, -0.15) is 0 Å².